The first-order valence-corrected chi connectivity index (χ1v) is 12.4. The molecule has 1 N–H and O–H groups in total. The monoisotopic (exact) mass is 426 g/mol. The van der Waals surface area contributed by atoms with E-state index < -0.39 is 6.72 Å². The van der Waals surface area contributed by atoms with Crippen molar-refractivity contribution in [2.24, 2.45) is 0 Å². The van der Waals surface area contributed by atoms with Gasteiger partial charge in [-0.05, 0) is 53.3 Å². The van der Waals surface area contributed by atoms with E-state index in [2.05, 4.69) is 0 Å². The summed E-state index contributed by atoms with van der Waals surface area (Å²) in [6.45, 7) is 8.99. The first kappa shape index (κ1) is 23.6. The average Bonchev–Trinajstić information content (AvgIpc) is 3.04. The molecule has 2 saturated heterocycles. The lowest BCUT2D eigenvalue weighted by Gasteiger charge is -2.26. The summed E-state index contributed by atoms with van der Waals surface area (Å²) in [6, 6.07) is 0. The van der Waals surface area contributed by atoms with Gasteiger partial charge in [-0.3, -0.25) is 0 Å². The summed E-state index contributed by atoms with van der Waals surface area (Å²) in [5, 5.41) is 0. The molecule has 0 aliphatic carbocycles. The topological polar surface area (TPSA) is 75.6 Å². The van der Waals surface area contributed by atoms with Crippen molar-refractivity contribution < 1.29 is 32.9 Å². The van der Waals surface area contributed by atoms with E-state index in [1.807, 2.05) is 41.5 Å². The van der Waals surface area contributed by atoms with Crippen molar-refractivity contribution in [3.63, 3.8) is 0 Å². The second-order valence-electron chi connectivity index (χ2n) is 7.96. The van der Waals surface area contributed by atoms with Crippen LogP contribution in [0.5, 0.6) is 0 Å². The molecule has 0 radical (unpaired) electrons. The predicted molar refractivity (Wildman–Crippen MR) is 106 cm³/mol. The fraction of sp³-hybridized carbons (Fsp3) is 1.00. The molecule has 0 amide bonds. The van der Waals surface area contributed by atoms with Gasteiger partial charge in [0.15, 0.2) is 0 Å². The van der Waals surface area contributed by atoms with Crippen molar-refractivity contribution in [1.29, 1.82) is 0 Å². The Hall–Kier alpha value is 0.370. The molecule has 9 heteroatoms. The van der Waals surface area contributed by atoms with Crippen LogP contribution in [0.1, 0.15) is 54.4 Å². The zero-order valence-corrected chi connectivity index (χ0v) is 18.9. The highest BCUT2D eigenvalue weighted by atomic mass is 32.5. The number of rotatable bonds is 10. The summed E-state index contributed by atoms with van der Waals surface area (Å²) in [4.78, 5) is 10.5. The first-order chi connectivity index (χ1) is 12.6. The minimum Gasteiger partial charge on any atom is -0.376 e. The largest absolute Gasteiger partial charge is 0.376 e. The van der Waals surface area contributed by atoms with E-state index in [0.29, 0.717) is 13.0 Å². The van der Waals surface area contributed by atoms with Crippen LogP contribution in [0, 0.1) is 0 Å². The molecule has 7 nitrogen and oxygen atoms in total. The Morgan fingerprint density at radius 1 is 0.963 bits per heavy atom. The Kier molecular flexibility index (Phi) is 9.12. The van der Waals surface area contributed by atoms with Crippen molar-refractivity contribution in [2.45, 2.75) is 103 Å². The Morgan fingerprint density at radius 2 is 1.52 bits per heavy atom. The summed E-state index contributed by atoms with van der Waals surface area (Å²) in [7, 11) is 0. The fourth-order valence-corrected chi connectivity index (χ4v) is 4.87. The Balaban J connectivity index is 1.87. The van der Waals surface area contributed by atoms with Gasteiger partial charge in [0.1, 0.15) is 12.2 Å². The summed E-state index contributed by atoms with van der Waals surface area (Å²) < 4.78 is 34.6. The van der Waals surface area contributed by atoms with Crippen LogP contribution in [-0.2, 0) is 39.8 Å². The SMILES string of the molecule is CC(C)OC[C@H]1O[C@@H](C)CC1OP(O)(=S)OC[C@H]1O[C@@H](C)CC1OC(C)C. The van der Waals surface area contributed by atoms with Gasteiger partial charge in [0.2, 0.25) is 0 Å². The lowest BCUT2D eigenvalue weighted by Crippen LogP contribution is -2.32. The van der Waals surface area contributed by atoms with Gasteiger partial charge in [0.05, 0.1) is 49.8 Å². The summed E-state index contributed by atoms with van der Waals surface area (Å²) in [6.07, 6.45) is 0.790. The molecular weight excluding hydrogens is 391 g/mol. The van der Waals surface area contributed by atoms with Crippen LogP contribution >= 0.6 is 6.72 Å². The zero-order valence-electron chi connectivity index (χ0n) is 17.2. The highest BCUT2D eigenvalue weighted by molar-refractivity contribution is 8.07. The summed E-state index contributed by atoms with van der Waals surface area (Å²) in [5.41, 5.74) is 0. The van der Waals surface area contributed by atoms with Crippen molar-refractivity contribution in [3.05, 3.63) is 0 Å². The summed E-state index contributed by atoms with van der Waals surface area (Å²) in [5.74, 6) is 0. The smallest absolute Gasteiger partial charge is 0.324 e. The zero-order chi connectivity index (χ0) is 20.2. The van der Waals surface area contributed by atoms with Crippen LogP contribution in [0.2, 0.25) is 0 Å². The van der Waals surface area contributed by atoms with Crippen LogP contribution < -0.4 is 0 Å². The number of hydrogen-bond donors (Lipinski definition) is 1. The van der Waals surface area contributed by atoms with E-state index in [9.17, 15) is 4.89 Å². The van der Waals surface area contributed by atoms with Gasteiger partial charge in [-0.15, -0.1) is 0 Å². The maximum Gasteiger partial charge on any atom is 0.324 e. The molecule has 160 valence electrons. The lowest BCUT2D eigenvalue weighted by atomic mass is 10.1. The standard InChI is InChI=1S/C18H35O7PS/c1-11(2)20-9-17-16(8-14(6)23-17)25-26(19,27)21-10-18-15(22-12(3)4)7-13(5)24-18/h11-18H,7-10H2,1-6H3,(H,19,27)/t13-,14-,15?,16?,17+,18+,26?/m0/s1. The molecule has 0 saturated carbocycles. The number of ether oxygens (including phenoxy) is 4. The van der Waals surface area contributed by atoms with E-state index in [-0.39, 0.29) is 55.4 Å². The Morgan fingerprint density at radius 3 is 2.07 bits per heavy atom. The van der Waals surface area contributed by atoms with E-state index >= 15 is 0 Å². The molecule has 27 heavy (non-hydrogen) atoms. The lowest BCUT2D eigenvalue weighted by molar-refractivity contribution is -0.0663. The van der Waals surface area contributed by atoms with Crippen molar-refractivity contribution in [2.75, 3.05) is 13.2 Å². The molecule has 2 aliphatic heterocycles. The summed E-state index contributed by atoms with van der Waals surface area (Å²) >= 11 is 5.23. The Labute approximate surface area is 168 Å². The molecule has 3 unspecified atom stereocenters. The molecule has 7 atom stereocenters. The maximum absolute atomic E-state index is 10.5. The second-order valence-corrected chi connectivity index (χ2v) is 10.7. The van der Waals surface area contributed by atoms with Crippen LogP contribution in [-0.4, -0.2) is 66.9 Å². The third-order valence-electron chi connectivity index (χ3n) is 4.48. The van der Waals surface area contributed by atoms with Gasteiger partial charge in [0.25, 0.3) is 0 Å². The molecule has 0 aromatic carbocycles. The predicted octanol–water partition coefficient (Wildman–Crippen LogP) is 3.18. The van der Waals surface area contributed by atoms with Crippen LogP contribution in [0.4, 0.5) is 0 Å². The Bertz CT molecular complexity index is 504. The minimum absolute atomic E-state index is 0.0219. The third kappa shape index (κ3) is 7.96. The normalized spacial score (nSPS) is 36.6. The van der Waals surface area contributed by atoms with Gasteiger partial charge < -0.3 is 32.9 Å². The molecule has 0 aromatic rings. The third-order valence-corrected chi connectivity index (χ3v) is 6.07. The van der Waals surface area contributed by atoms with E-state index in [1.165, 1.54) is 0 Å². The molecule has 2 aliphatic rings. The van der Waals surface area contributed by atoms with Crippen molar-refractivity contribution in [3.8, 4) is 0 Å². The maximum atomic E-state index is 10.5. The van der Waals surface area contributed by atoms with Gasteiger partial charge >= 0.3 is 6.72 Å². The minimum atomic E-state index is -3.42. The van der Waals surface area contributed by atoms with Crippen molar-refractivity contribution >= 4 is 18.5 Å². The van der Waals surface area contributed by atoms with Crippen LogP contribution in [0.3, 0.4) is 0 Å². The number of hydrogen-bond acceptors (Lipinski definition) is 7. The molecule has 2 heterocycles. The fourth-order valence-electron chi connectivity index (χ4n) is 3.39. The molecular formula is C18H35O7PS. The average molecular weight is 427 g/mol. The van der Waals surface area contributed by atoms with Crippen molar-refractivity contribution in [1.82, 2.24) is 0 Å². The molecule has 0 aromatic heterocycles. The quantitative estimate of drug-likeness (QED) is 0.534. The highest BCUT2D eigenvalue weighted by Gasteiger charge is 2.40. The van der Waals surface area contributed by atoms with E-state index in [1.54, 1.807) is 0 Å². The van der Waals surface area contributed by atoms with Crippen LogP contribution in [0.25, 0.3) is 0 Å². The molecule has 0 bridgehead atoms. The second kappa shape index (κ2) is 10.4. The van der Waals surface area contributed by atoms with Gasteiger partial charge in [-0.1, -0.05) is 0 Å². The molecule has 0 spiro atoms. The van der Waals surface area contributed by atoms with Gasteiger partial charge in [-0.25, -0.2) is 0 Å². The van der Waals surface area contributed by atoms with Gasteiger partial charge in [-0.2, -0.15) is 0 Å². The van der Waals surface area contributed by atoms with Gasteiger partial charge in [0, 0.05) is 12.8 Å². The molecule has 2 fully saturated rings. The van der Waals surface area contributed by atoms with E-state index in [4.69, 9.17) is 39.8 Å². The molecule has 2 rings (SSSR count). The highest BCUT2D eigenvalue weighted by Crippen LogP contribution is 2.48. The van der Waals surface area contributed by atoms with E-state index in [0.717, 1.165) is 6.42 Å². The first-order valence-electron chi connectivity index (χ1n) is 9.79. The van der Waals surface area contributed by atoms with Crippen LogP contribution in [0.15, 0.2) is 0 Å².